The van der Waals surface area contributed by atoms with Crippen molar-refractivity contribution < 1.29 is 5.21 Å². The maximum absolute atomic E-state index is 8.75. The van der Waals surface area contributed by atoms with Crippen LogP contribution in [-0.2, 0) is 6.54 Å². The molecular weight excluding hydrogens is 250 g/mol. The van der Waals surface area contributed by atoms with E-state index in [9.17, 15) is 0 Å². The molecule has 0 saturated heterocycles. The van der Waals surface area contributed by atoms with Crippen molar-refractivity contribution in [2.75, 3.05) is 6.54 Å². The second-order valence-electron chi connectivity index (χ2n) is 6.25. The summed E-state index contributed by atoms with van der Waals surface area (Å²) >= 11 is 0. The first-order chi connectivity index (χ1) is 9.54. The third kappa shape index (κ3) is 3.97. The second kappa shape index (κ2) is 6.27. The lowest BCUT2D eigenvalue weighted by molar-refractivity contribution is 0.170. The molecule has 110 valence electrons. The number of benzene rings is 1. The number of hydrogen-bond donors (Lipinski definition) is 2. The van der Waals surface area contributed by atoms with Gasteiger partial charge in [0, 0.05) is 25.6 Å². The van der Waals surface area contributed by atoms with Crippen LogP contribution in [0.25, 0.3) is 0 Å². The molecule has 0 aromatic heterocycles. The highest BCUT2D eigenvalue weighted by molar-refractivity contribution is 5.80. The highest BCUT2D eigenvalue weighted by Crippen LogP contribution is 2.49. The van der Waals surface area contributed by atoms with Crippen LogP contribution in [0.15, 0.2) is 35.5 Å². The first kappa shape index (κ1) is 14.9. The van der Waals surface area contributed by atoms with Crippen LogP contribution < -0.4 is 5.73 Å². The Bertz CT molecular complexity index is 452. The van der Waals surface area contributed by atoms with Gasteiger partial charge in [-0.2, -0.15) is 0 Å². The molecule has 20 heavy (non-hydrogen) atoms. The minimum absolute atomic E-state index is 0.218. The van der Waals surface area contributed by atoms with Gasteiger partial charge < -0.3 is 10.9 Å². The summed E-state index contributed by atoms with van der Waals surface area (Å²) in [6, 6.07) is 11.0. The van der Waals surface area contributed by atoms with Crippen LogP contribution in [0.2, 0.25) is 0 Å². The van der Waals surface area contributed by atoms with Crippen molar-refractivity contribution in [2.45, 2.75) is 45.7 Å². The van der Waals surface area contributed by atoms with E-state index >= 15 is 0 Å². The lowest BCUT2D eigenvalue weighted by Crippen LogP contribution is -2.37. The molecule has 1 aromatic carbocycles. The van der Waals surface area contributed by atoms with Crippen molar-refractivity contribution in [1.29, 1.82) is 0 Å². The Hall–Kier alpha value is -1.55. The molecule has 0 unspecified atom stereocenters. The fourth-order valence-electron chi connectivity index (χ4n) is 2.66. The van der Waals surface area contributed by atoms with Crippen LogP contribution in [0.5, 0.6) is 0 Å². The molecule has 1 aromatic rings. The van der Waals surface area contributed by atoms with Crippen molar-refractivity contribution in [1.82, 2.24) is 4.90 Å². The zero-order valence-electron chi connectivity index (χ0n) is 12.4. The molecule has 0 bridgehead atoms. The van der Waals surface area contributed by atoms with Gasteiger partial charge >= 0.3 is 0 Å². The highest BCUT2D eigenvalue weighted by Gasteiger charge is 2.44. The van der Waals surface area contributed by atoms with E-state index in [1.807, 2.05) is 6.07 Å². The molecule has 0 aliphatic heterocycles. The number of rotatable bonds is 7. The van der Waals surface area contributed by atoms with E-state index in [0.29, 0.717) is 18.3 Å². The summed E-state index contributed by atoms with van der Waals surface area (Å²) in [5.74, 6) is 0.353. The van der Waals surface area contributed by atoms with Gasteiger partial charge in [-0.25, -0.2) is 0 Å². The Balaban J connectivity index is 2.00. The fourth-order valence-corrected chi connectivity index (χ4v) is 2.66. The Morgan fingerprint density at radius 2 is 2.00 bits per heavy atom. The molecule has 0 heterocycles. The second-order valence-corrected chi connectivity index (χ2v) is 6.25. The third-order valence-corrected chi connectivity index (χ3v) is 4.14. The maximum Gasteiger partial charge on any atom is 0.139 e. The molecular formula is C16H25N3O. The topological polar surface area (TPSA) is 61.8 Å². The van der Waals surface area contributed by atoms with Crippen LogP contribution in [0.3, 0.4) is 0 Å². The van der Waals surface area contributed by atoms with E-state index in [1.165, 1.54) is 18.4 Å². The van der Waals surface area contributed by atoms with Gasteiger partial charge in [-0.3, -0.25) is 4.90 Å². The molecule has 4 nitrogen and oxygen atoms in total. The minimum atomic E-state index is 0.218. The Morgan fingerprint density at radius 1 is 1.35 bits per heavy atom. The summed E-state index contributed by atoms with van der Waals surface area (Å²) in [6.45, 7) is 6.41. The molecule has 1 saturated carbocycles. The van der Waals surface area contributed by atoms with Crippen molar-refractivity contribution in [3.05, 3.63) is 35.9 Å². The molecule has 1 aliphatic rings. The molecule has 0 spiro atoms. The molecule has 0 amide bonds. The third-order valence-electron chi connectivity index (χ3n) is 4.14. The summed E-state index contributed by atoms with van der Waals surface area (Å²) in [4.78, 5) is 2.48. The summed E-state index contributed by atoms with van der Waals surface area (Å²) < 4.78 is 0. The first-order valence-corrected chi connectivity index (χ1v) is 7.29. The van der Waals surface area contributed by atoms with E-state index < -0.39 is 0 Å². The van der Waals surface area contributed by atoms with Crippen LogP contribution >= 0.6 is 0 Å². The zero-order chi connectivity index (χ0) is 14.6. The normalized spacial score (nSPS) is 17.7. The van der Waals surface area contributed by atoms with Gasteiger partial charge in [0.2, 0.25) is 0 Å². The number of nitrogens with two attached hydrogens (primary N) is 1. The van der Waals surface area contributed by atoms with Gasteiger partial charge in [0.15, 0.2) is 0 Å². The zero-order valence-corrected chi connectivity index (χ0v) is 12.4. The van der Waals surface area contributed by atoms with E-state index in [-0.39, 0.29) is 5.41 Å². The smallest absolute Gasteiger partial charge is 0.139 e. The van der Waals surface area contributed by atoms with Crippen molar-refractivity contribution in [3.8, 4) is 0 Å². The molecule has 0 atom stereocenters. The van der Waals surface area contributed by atoms with E-state index in [0.717, 1.165) is 13.1 Å². The maximum atomic E-state index is 8.75. The minimum Gasteiger partial charge on any atom is -0.409 e. The van der Waals surface area contributed by atoms with Gasteiger partial charge in [-0.05, 0) is 37.7 Å². The van der Waals surface area contributed by atoms with Crippen molar-refractivity contribution in [3.63, 3.8) is 0 Å². The fraction of sp³-hybridized carbons (Fsp3) is 0.562. The molecule has 4 heteroatoms. The predicted molar refractivity (Wildman–Crippen MR) is 81.7 cm³/mol. The van der Waals surface area contributed by atoms with E-state index in [4.69, 9.17) is 10.9 Å². The number of hydrogen-bond acceptors (Lipinski definition) is 3. The number of amidine groups is 1. The summed E-state index contributed by atoms with van der Waals surface area (Å²) in [6.07, 6.45) is 3.03. The van der Waals surface area contributed by atoms with Crippen LogP contribution in [0.1, 0.15) is 38.7 Å². The van der Waals surface area contributed by atoms with E-state index in [1.54, 1.807) is 0 Å². The predicted octanol–water partition coefficient (Wildman–Crippen LogP) is 2.81. The monoisotopic (exact) mass is 275 g/mol. The van der Waals surface area contributed by atoms with Crippen molar-refractivity contribution in [2.24, 2.45) is 16.3 Å². The summed E-state index contributed by atoms with van der Waals surface area (Å²) in [7, 11) is 0. The van der Waals surface area contributed by atoms with Gasteiger partial charge in [0.1, 0.15) is 5.84 Å². The molecule has 1 aliphatic carbocycles. The van der Waals surface area contributed by atoms with Crippen LogP contribution in [0, 0.1) is 5.41 Å². The van der Waals surface area contributed by atoms with Gasteiger partial charge in [0.25, 0.3) is 0 Å². The standard InChI is InChI=1S/C16H25N3O/c1-13(2)19(11-14-6-4-3-5-7-14)12-16(8-9-16)10-15(17)18-20/h3-7,13,20H,8-12H2,1-2H3,(H2,17,18). The summed E-state index contributed by atoms with van der Waals surface area (Å²) in [5, 5.41) is 11.9. The Morgan fingerprint density at radius 3 is 2.50 bits per heavy atom. The van der Waals surface area contributed by atoms with Gasteiger partial charge in [0.05, 0.1) is 0 Å². The van der Waals surface area contributed by atoms with Crippen LogP contribution in [-0.4, -0.2) is 28.5 Å². The largest absolute Gasteiger partial charge is 0.409 e. The highest BCUT2D eigenvalue weighted by atomic mass is 16.4. The summed E-state index contributed by atoms with van der Waals surface area (Å²) in [5.41, 5.74) is 7.24. The molecule has 2 rings (SSSR count). The van der Waals surface area contributed by atoms with Gasteiger partial charge in [-0.1, -0.05) is 35.5 Å². The average molecular weight is 275 g/mol. The van der Waals surface area contributed by atoms with Crippen LogP contribution in [0.4, 0.5) is 0 Å². The molecule has 0 radical (unpaired) electrons. The number of oxime groups is 1. The van der Waals surface area contributed by atoms with E-state index in [2.05, 4.69) is 48.2 Å². The lowest BCUT2D eigenvalue weighted by Gasteiger charge is -2.30. The van der Waals surface area contributed by atoms with Gasteiger partial charge in [-0.15, -0.1) is 0 Å². The first-order valence-electron chi connectivity index (χ1n) is 7.29. The SMILES string of the molecule is CC(C)N(Cc1ccccc1)CC1(CC(N)=NO)CC1. The number of nitrogens with zero attached hydrogens (tertiary/aromatic N) is 2. The molecule has 3 N–H and O–H groups in total. The Kier molecular flexibility index (Phi) is 4.65. The van der Waals surface area contributed by atoms with Crippen molar-refractivity contribution >= 4 is 5.84 Å². The average Bonchev–Trinajstić information content (AvgIpc) is 3.18. The quantitative estimate of drug-likeness (QED) is 0.348. The lowest BCUT2D eigenvalue weighted by atomic mass is 10.00. The Labute approximate surface area is 121 Å². The molecule has 1 fully saturated rings.